The largest absolute Gasteiger partial charge is 0.465 e. The molecule has 0 fully saturated rings. The molecule has 0 amide bonds. The molecule has 1 aromatic rings. The number of hydrogen-bond acceptors (Lipinski definition) is 2. The zero-order chi connectivity index (χ0) is 10.6. The van der Waals surface area contributed by atoms with E-state index in [0.717, 1.165) is 6.07 Å². The van der Waals surface area contributed by atoms with Crippen molar-refractivity contribution in [1.82, 2.24) is 0 Å². The second kappa shape index (κ2) is 4.38. The first-order chi connectivity index (χ1) is 6.69. The molecule has 0 spiro atoms. The smallest absolute Gasteiger partial charge is 0.340 e. The fourth-order valence-corrected chi connectivity index (χ4v) is 1.03. The zero-order valence-corrected chi connectivity index (χ0v) is 7.58. The van der Waals surface area contributed by atoms with Crippen LogP contribution in [0.25, 0.3) is 4.85 Å². The van der Waals surface area contributed by atoms with Gasteiger partial charge in [-0.1, -0.05) is 0 Å². The third kappa shape index (κ3) is 2.07. The third-order valence-electron chi connectivity index (χ3n) is 1.70. The highest BCUT2D eigenvalue weighted by atomic mass is 19.1. The van der Waals surface area contributed by atoms with Gasteiger partial charge in [0.05, 0.1) is 12.7 Å². The van der Waals surface area contributed by atoms with Crippen LogP contribution >= 0.6 is 0 Å². The Bertz CT molecular complexity index is 396. The summed E-state index contributed by atoms with van der Waals surface area (Å²) in [5.74, 6) is -1.36. The molecule has 0 unspecified atom stereocenters. The van der Waals surface area contributed by atoms with Gasteiger partial charge < -0.3 is 9.58 Å². The number of halogens is 1. The van der Waals surface area contributed by atoms with Gasteiger partial charge >= 0.3 is 5.97 Å². The molecule has 3 nitrogen and oxygen atoms in total. The molecule has 0 heterocycles. The first kappa shape index (κ1) is 10.2. The first-order valence-corrected chi connectivity index (χ1v) is 3.89. The zero-order valence-electron chi connectivity index (χ0n) is 7.58. The van der Waals surface area contributed by atoms with E-state index in [-0.39, 0.29) is 12.1 Å². The van der Waals surface area contributed by atoms with Gasteiger partial charge in [0.2, 0.25) is 6.54 Å². The number of carbonyl (C=O) groups excluding carboxylic acids is 1. The highest BCUT2D eigenvalue weighted by Gasteiger charge is 2.12. The molecular weight excluding hydrogens is 185 g/mol. The molecule has 0 saturated carbocycles. The molecule has 0 aliphatic rings. The molecule has 0 aliphatic heterocycles. The van der Waals surface area contributed by atoms with E-state index in [9.17, 15) is 9.18 Å². The van der Waals surface area contributed by atoms with Gasteiger partial charge in [0.25, 0.3) is 0 Å². The predicted molar refractivity (Wildman–Crippen MR) is 48.0 cm³/mol. The lowest BCUT2D eigenvalue weighted by molar-refractivity contribution is 0.0595. The van der Waals surface area contributed by atoms with Crippen molar-refractivity contribution in [2.45, 2.75) is 6.54 Å². The summed E-state index contributed by atoms with van der Waals surface area (Å²) in [5.41, 5.74) is 0.468. The Morgan fingerprint density at radius 1 is 1.64 bits per heavy atom. The van der Waals surface area contributed by atoms with Crippen molar-refractivity contribution in [3.63, 3.8) is 0 Å². The molecule has 0 aliphatic carbocycles. The second-order valence-electron chi connectivity index (χ2n) is 2.62. The molecule has 1 rings (SSSR count). The van der Waals surface area contributed by atoms with Crippen molar-refractivity contribution in [1.29, 1.82) is 0 Å². The molecule has 72 valence electrons. The molecule has 0 N–H and O–H groups in total. The third-order valence-corrected chi connectivity index (χ3v) is 1.70. The van der Waals surface area contributed by atoms with E-state index in [1.54, 1.807) is 0 Å². The average Bonchev–Trinajstić information content (AvgIpc) is 2.20. The maximum atomic E-state index is 13.1. The van der Waals surface area contributed by atoms with Crippen molar-refractivity contribution in [3.05, 3.63) is 46.6 Å². The Morgan fingerprint density at radius 2 is 2.36 bits per heavy atom. The van der Waals surface area contributed by atoms with Gasteiger partial charge in [-0.2, -0.15) is 0 Å². The van der Waals surface area contributed by atoms with E-state index in [1.165, 1.54) is 19.2 Å². The minimum atomic E-state index is -0.727. The predicted octanol–water partition coefficient (Wildman–Crippen LogP) is 2.03. The highest BCUT2D eigenvalue weighted by Crippen LogP contribution is 2.12. The molecule has 0 atom stereocenters. The Labute approximate surface area is 80.9 Å². The number of hydrogen-bond donors (Lipinski definition) is 0. The summed E-state index contributed by atoms with van der Waals surface area (Å²) in [6.45, 7) is 6.76. The van der Waals surface area contributed by atoms with Crippen LogP contribution in [0.2, 0.25) is 0 Å². The molecule has 4 heteroatoms. The van der Waals surface area contributed by atoms with Crippen LogP contribution in [0.4, 0.5) is 4.39 Å². The summed E-state index contributed by atoms with van der Waals surface area (Å²) < 4.78 is 17.5. The lowest BCUT2D eigenvalue weighted by Gasteiger charge is -2.01. The van der Waals surface area contributed by atoms with Crippen LogP contribution in [-0.4, -0.2) is 13.1 Å². The van der Waals surface area contributed by atoms with E-state index < -0.39 is 11.8 Å². The number of ether oxygens (including phenoxy) is 1. The van der Waals surface area contributed by atoms with Gasteiger partial charge in [-0.05, 0) is 18.2 Å². The molecule has 14 heavy (non-hydrogen) atoms. The lowest BCUT2D eigenvalue weighted by Crippen LogP contribution is -2.04. The van der Waals surface area contributed by atoms with Crippen LogP contribution in [0, 0.1) is 12.4 Å². The Morgan fingerprint density at radius 3 is 2.93 bits per heavy atom. The highest BCUT2D eigenvalue weighted by molar-refractivity contribution is 5.89. The SMILES string of the molecule is [C-]#[N+]Cc1ccc(F)c(C(=O)OC)c1. The molecular formula is C10H8FNO2. The van der Waals surface area contributed by atoms with Gasteiger partial charge in [-0.3, -0.25) is 0 Å². The van der Waals surface area contributed by atoms with Crippen molar-refractivity contribution >= 4 is 5.97 Å². The van der Waals surface area contributed by atoms with E-state index in [1.807, 2.05) is 0 Å². The fourth-order valence-electron chi connectivity index (χ4n) is 1.03. The maximum absolute atomic E-state index is 13.1. The van der Waals surface area contributed by atoms with E-state index >= 15 is 0 Å². The van der Waals surface area contributed by atoms with Gasteiger partial charge in [0, 0.05) is 5.56 Å². The summed E-state index contributed by atoms with van der Waals surface area (Å²) in [6, 6.07) is 3.96. The van der Waals surface area contributed by atoms with E-state index in [0.29, 0.717) is 5.56 Å². The van der Waals surface area contributed by atoms with E-state index in [4.69, 9.17) is 6.57 Å². The summed E-state index contributed by atoms with van der Waals surface area (Å²) in [7, 11) is 1.18. The quantitative estimate of drug-likeness (QED) is 0.531. The monoisotopic (exact) mass is 193 g/mol. The molecule has 0 saturated heterocycles. The summed E-state index contributed by atoms with van der Waals surface area (Å²) in [6.07, 6.45) is 0. The average molecular weight is 193 g/mol. The lowest BCUT2D eigenvalue weighted by atomic mass is 10.1. The number of methoxy groups -OCH3 is 1. The Balaban J connectivity index is 3.09. The Hall–Kier alpha value is -1.89. The first-order valence-electron chi connectivity index (χ1n) is 3.89. The van der Waals surface area contributed by atoms with E-state index in [2.05, 4.69) is 9.58 Å². The van der Waals surface area contributed by atoms with Crippen LogP contribution < -0.4 is 0 Å². The molecule has 0 aromatic heterocycles. The van der Waals surface area contributed by atoms with Crippen LogP contribution in [0.1, 0.15) is 15.9 Å². The van der Waals surface area contributed by atoms with Crippen molar-refractivity contribution < 1.29 is 13.9 Å². The molecule has 0 bridgehead atoms. The van der Waals surface area contributed by atoms with Gasteiger partial charge in [-0.25, -0.2) is 15.8 Å². The van der Waals surface area contributed by atoms with Crippen molar-refractivity contribution in [3.8, 4) is 0 Å². The number of nitrogens with zero attached hydrogens (tertiary/aromatic N) is 1. The normalized spacial score (nSPS) is 9.21. The van der Waals surface area contributed by atoms with Gasteiger partial charge in [0.1, 0.15) is 5.82 Å². The summed E-state index contributed by atoms with van der Waals surface area (Å²) >= 11 is 0. The number of benzene rings is 1. The van der Waals surface area contributed by atoms with Crippen LogP contribution in [0.5, 0.6) is 0 Å². The van der Waals surface area contributed by atoms with Crippen LogP contribution in [0.15, 0.2) is 18.2 Å². The van der Waals surface area contributed by atoms with Crippen molar-refractivity contribution in [2.75, 3.05) is 7.11 Å². The topological polar surface area (TPSA) is 30.7 Å². The Kier molecular flexibility index (Phi) is 3.19. The maximum Gasteiger partial charge on any atom is 0.340 e. The number of esters is 1. The second-order valence-corrected chi connectivity index (χ2v) is 2.62. The summed E-state index contributed by atoms with van der Waals surface area (Å²) in [4.78, 5) is 14.2. The number of carbonyl (C=O) groups is 1. The molecule has 1 aromatic carbocycles. The van der Waals surface area contributed by atoms with Crippen LogP contribution in [-0.2, 0) is 11.3 Å². The van der Waals surface area contributed by atoms with Gasteiger partial charge in [0.15, 0.2) is 0 Å². The van der Waals surface area contributed by atoms with Crippen molar-refractivity contribution in [2.24, 2.45) is 0 Å². The minimum Gasteiger partial charge on any atom is -0.465 e. The number of rotatable bonds is 2. The van der Waals surface area contributed by atoms with Crippen LogP contribution in [0.3, 0.4) is 0 Å². The summed E-state index contributed by atoms with van der Waals surface area (Å²) in [5, 5.41) is 0. The van der Waals surface area contributed by atoms with Gasteiger partial charge in [-0.15, -0.1) is 0 Å². The standard InChI is InChI=1S/C10H8FNO2/c1-12-6-7-3-4-9(11)8(5-7)10(13)14-2/h3-5H,6H2,2H3. The fraction of sp³-hybridized carbons (Fsp3) is 0.200. The molecule has 0 radical (unpaired) electrons. The minimum absolute atomic E-state index is 0.129.